The lowest BCUT2D eigenvalue weighted by atomic mass is 10.2. The number of rotatable bonds is 7. The minimum atomic E-state index is -0.292. The summed E-state index contributed by atoms with van der Waals surface area (Å²) < 4.78 is 24.9. The van der Waals surface area contributed by atoms with Gasteiger partial charge in [-0.05, 0) is 43.2 Å². The summed E-state index contributed by atoms with van der Waals surface area (Å²) in [5, 5.41) is 6.72. The molecule has 3 rings (SSSR count). The van der Waals surface area contributed by atoms with Crippen LogP contribution < -0.4 is 25.0 Å². The molecule has 8 heteroatoms. The van der Waals surface area contributed by atoms with Crippen LogP contribution in [0.3, 0.4) is 0 Å². The number of aliphatic imine (C=N–C) groups is 1. The third kappa shape index (κ3) is 5.28. The van der Waals surface area contributed by atoms with E-state index >= 15 is 0 Å². The van der Waals surface area contributed by atoms with Gasteiger partial charge in [-0.3, -0.25) is 4.99 Å². The highest BCUT2D eigenvalue weighted by molar-refractivity contribution is 5.80. The van der Waals surface area contributed by atoms with Crippen molar-refractivity contribution in [2.45, 2.75) is 25.9 Å². The minimum absolute atomic E-state index is 0.164. The molecule has 0 aliphatic carbocycles. The summed E-state index contributed by atoms with van der Waals surface area (Å²) in [6.45, 7) is 4.54. The highest BCUT2D eigenvalue weighted by Crippen LogP contribution is 2.28. The van der Waals surface area contributed by atoms with Crippen LogP contribution in [-0.4, -0.2) is 50.8 Å². The number of hydrogen-bond acceptors (Lipinski definition) is 5. The van der Waals surface area contributed by atoms with Gasteiger partial charge in [0.15, 0.2) is 29.1 Å². The first-order valence-electron chi connectivity index (χ1n) is 9.77. The number of halogens is 1. The Morgan fingerprint density at radius 3 is 2.93 bits per heavy atom. The monoisotopic (exact) mass is 401 g/mol. The van der Waals surface area contributed by atoms with E-state index in [1.165, 1.54) is 6.07 Å². The van der Waals surface area contributed by atoms with Gasteiger partial charge in [-0.2, -0.15) is 0 Å². The van der Waals surface area contributed by atoms with Crippen molar-refractivity contribution in [2.75, 3.05) is 38.8 Å². The zero-order chi connectivity index (χ0) is 20.6. The zero-order valence-electron chi connectivity index (χ0n) is 17.1. The van der Waals surface area contributed by atoms with Crippen molar-refractivity contribution >= 4 is 11.8 Å². The molecule has 0 spiro atoms. The molecule has 1 atom stereocenters. The van der Waals surface area contributed by atoms with Crippen LogP contribution in [0, 0.1) is 5.82 Å². The number of anilines is 1. The highest BCUT2D eigenvalue weighted by Gasteiger charge is 2.25. The average Bonchev–Trinajstić information content (AvgIpc) is 3.20. The molecule has 0 saturated carbocycles. The number of nitrogens with one attached hydrogen (secondary N) is 2. The number of ether oxygens (including phenoxy) is 2. The van der Waals surface area contributed by atoms with Gasteiger partial charge in [0, 0.05) is 38.9 Å². The molecule has 156 valence electrons. The van der Waals surface area contributed by atoms with E-state index in [1.54, 1.807) is 26.4 Å². The SMILES string of the molecule is CCOc1ccc(CNC(=NC)NC2CCN(c3ncccc3F)C2)cc1OC. The van der Waals surface area contributed by atoms with Crippen molar-refractivity contribution in [1.29, 1.82) is 0 Å². The molecule has 2 N–H and O–H groups in total. The van der Waals surface area contributed by atoms with E-state index in [2.05, 4.69) is 20.6 Å². The summed E-state index contributed by atoms with van der Waals surface area (Å²) in [4.78, 5) is 10.4. The first kappa shape index (κ1) is 20.7. The molecule has 2 aromatic rings. The molecule has 0 bridgehead atoms. The highest BCUT2D eigenvalue weighted by atomic mass is 19.1. The standard InChI is InChI=1S/C21H28FN5O2/c1-4-29-18-8-7-15(12-19(18)28-3)13-25-21(23-2)26-16-9-11-27(14-16)20-17(22)6-5-10-24-20/h5-8,10,12,16H,4,9,11,13-14H2,1-3H3,(H2,23,25,26). The summed E-state index contributed by atoms with van der Waals surface area (Å²) in [6.07, 6.45) is 2.50. The van der Waals surface area contributed by atoms with Crippen LogP contribution in [-0.2, 0) is 6.54 Å². The Bertz CT molecular complexity index is 846. The fourth-order valence-electron chi connectivity index (χ4n) is 3.35. The number of hydrogen-bond donors (Lipinski definition) is 2. The minimum Gasteiger partial charge on any atom is -0.493 e. The molecule has 1 unspecified atom stereocenters. The van der Waals surface area contributed by atoms with Gasteiger partial charge >= 0.3 is 0 Å². The van der Waals surface area contributed by atoms with Gasteiger partial charge in [0.1, 0.15) is 0 Å². The van der Waals surface area contributed by atoms with E-state index in [0.717, 1.165) is 24.3 Å². The van der Waals surface area contributed by atoms with Crippen molar-refractivity contribution in [1.82, 2.24) is 15.6 Å². The van der Waals surface area contributed by atoms with Gasteiger partial charge in [0.05, 0.1) is 13.7 Å². The summed E-state index contributed by atoms with van der Waals surface area (Å²) in [5.41, 5.74) is 1.05. The normalized spacial score (nSPS) is 16.6. The summed E-state index contributed by atoms with van der Waals surface area (Å²) in [6, 6.07) is 9.06. The van der Waals surface area contributed by atoms with Gasteiger partial charge in [-0.1, -0.05) is 6.07 Å². The molecule has 1 fully saturated rings. The second-order valence-corrected chi connectivity index (χ2v) is 6.73. The molecular weight excluding hydrogens is 373 g/mol. The van der Waals surface area contributed by atoms with Gasteiger partial charge in [0.2, 0.25) is 0 Å². The van der Waals surface area contributed by atoms with Gasteiger partial charge in [-0.25, -0.2) is 9.37 Å². The van der Waals surface area contributed by atoms with Crippen LogP contribution in [0.1, 0.15) is 18.9 Å². The second-order valence-electron chi connectivity index (χ2n) is 6.73. The Morgan fingerprint density at radius 1 is 1.34 bits per heavy atom. The lowest BCUT2D eigenvalue weighted by Gasteiger charge is -2.20. The van der Waals surface area contributed by atoms with Gasteiger partial charge in [-0.15, -0.1) is 0 Å². The van der Waals surface area contributed by atoms with Crippen molar-refractivity contribution in [2.24, 2.45) is 4.99 Å². The smallest absolute Gasteiger partial charge is 0.191 e. The molecule has 1 aromatic carbocycles. The first-order chi connectivity index (χ1) is 14.1. The summed E-state index contributed by atoms with van der Waals surface area (Å²) in [7, 11) is 3.37. The number of pyridine rings is 1. The zero-order valence-corrected chi connectivity index (χ0v) is 17.1. The maximum atomic E-state index is 14.0. The first-order valence-corrected chi connectivity index (χ1v) is 9.77. The Hall–Kier alpha value is -3.03. The maximum Gasteiger partial charge on any atom is 0.191 e. The fourth-order valence-corrected chi connectivity index (χ4v) is 3.35. The Kier molecular flexibility index (Phi) is 7.10. The molecule has 0 amide bonds. The van der Waals surface area contributed by atoms with Crippen LogP contribution in [0.4, 0.5) is 10.2 Å². The molecule has 1 aliphatic heterocycles. The summed E-state index contributed by atoms with van der Waals surface area (Å²) >= 11 is 0. The van der Waals surface area contributed by atoms with Crippen LogP contribution in [0.5, 0.6) is 11.5 Å². The average molecular weight is 401 g/mol. The quantitative estimate of drug-likeness (QED) is 0.549. The summed E-state index contributed by atoms with van der Waals surface area (Å²) in [5.74, 6) is 2.25. The van der Waals surface area contributed by atoms with E-state index in [0.29, 0.717) is 37.2 Å². The van der Waals surface area contributed by atoms with Crippen molar-refractivity contribution in [3.05, 3.63) is 47.9 Å². The lowest BCUT2D eigenvalue weighted by molar-refractivity contribution is 0.310. The van der Waals surface area contributed by atoms with Crippen LogP contribution in [0.2, 0.25) is 0 Å². The van der Waals surface area contributed by atoms with Crippen LogP contribution in [0.15, 0.2) is 41.5 Å². The predicted octanol–water partition coefficient (Wildman–Crippen LogP) is 2.57. The van der Waals surface area contributed by atoms with Crippen LogP contribution in [0.25, 0.3) is 0 Å². The Balaban J connectivity index is 1.54. The third-order valence-corrected chi connectivity index (χ3v) is 4.78. The molecule has 0 radical (unpaired) electrons. The van der Waals surface area contributed by atoms with Crippen molar-refractivity contribution < 1.29 is 13.9 Å². The molecule has 29 heavy (non-hydrogen) atoms. The largest absolute Gasteiger partial charge is 0.493 e. The van der Waals surface area contributed by atoms with E-state index in [9.17, 15) is 4.39 Å². The molecule has 1 aromatic heterocycles. The van der Waals surface area contributed by atoms with E-state index in [-0.39, 0.29) is 11.9 Å². The van der Waals surface area contributed by atoms with Gasteiger partial charge < -0.3 is 25.0 Å². The Morgan fingerprint density at radius 2 is 2.21 bits per heavy atom. The number of aromatic nitrogens is 1. The van der Waals surface area contributed by atoms with Crippen molar-refractivity contribution in [3.63, 3.8) is 0 Å². The molecule has 1 saturated heterocycles. The predicted molar refractivity (Wildman–Crippen MR) is 112 cm³/mol. The Labute approximate surface area is 170 Å². The number of nitrogens with zero attached hydrogens (tertiary/aromatic N) is 3. The van der Waals surface area contributed by atoms with E-state index in [1.807, 2.05) is 30.0 Å². The van der Waals surface area contributed by atoms with Gasteiger partial charge in [0.25, 0.3) is 0 Å². The maximum absolute atomic E-state index is 14.0. The molecule has 2 heterocycles. The molecule has 1 aliphatic rings. The second kappa shape index (κ2) is 9.95. The number of guanidine groups is 1. The molecule has 7 nitrogen and oxygen atoms in total. The fraction of sp³-hybridized carbons (Fsp3) is 0.429. The number of benzene rings is 1. The lowest BCUT2D eigenvalue weighted by Crippen LogP contribution is -2.44. The van der Waals surface area contributed by atoms with E-state index in [4.69, 9.17) is 9.47 Å². The van der Waals surface area contributed by atoms with E-state index < -0.39 is 0 Å². The topological polar surface area (TPSA) is 71.0 Å². The molecular formula is C21H28FN5O2. The number of methoxy groups -OCH3 is 1. The van der Waals surface area contributed by atoms with Crippen molar-refractivity contribution in [3.8, 4) is 11.5 Å². The third-order valence-electron chi connectivity index (χ3n) is 4.78. The van der Waals surface area contributed by atoms with Crippen LogP contribution >= 0.6 is 0 Å².